The number of hydrogen-bond acceptors (Lipinski definition) is 5. The van der Waals surface area contributed by atoms with Crippen LogP contribution in [0.1, 0.15) is 6.42 Å². The van der Waals surface area contributed by atoms with Gasteiger partial charge in [-0.15, -0.1) is 0 Å². The minimum atomic E-state index is -0.268. The molecular formula is C18H17FN4O. The highest BCUT2D eigenvalue weighted by Crippen LogP contribution is 2.28. The average Bonchev–Trinajstić information content (AvgIpc) is 3.09. The number of anilines is 1. The van der Waals surface area contributed by atoms with Crippen LogP contribution in [0, 0.1) is 11.7 Å². The zero-order valence-corrected chi connectivity index (χ0v) is 13.1. The van der Waals surface area contributed by atoms with E-state index in [1.165, 1.54) is 18.5 Å². The second-order valence-electron chi connectivity index (χ2n) is 5.95. The van der Waals surface area contributed by atoms with Crippen molar-refractivity contribution in [1.29, 1.82) is 0 Å². The summed E-state index contributed by atoms with van der Waals surface area (Å²) in [6.07, 6.45) is 6.00. The van der Waals surface area contributed by atoms with Crippen LogP contribution in [0.2, 0.25) is 0 Å². The highest BCUT2D eigenvalue weighted by atomic mass is 19.1. The summed E-state index contributed by atoms with van der Waals surface area (Å²) in [4.78, 5) is 14.8. The third-order valence-corrected chi connectivity index (χ3v) is 4.30. The van der Waals surface area contributed by atoms with E-state index in [4.69, 9.17) is 4.74 Å². The van der Waals surface area contributed by atoms with Crippen LogP contribution in [0.25, 0.3) is 10.9 Å². The number of halogens is 1. The number of hydrogen-bond donors (Lipinski definition) is 0. The van der Waals surface area contributed by atoms with Gasteiger partial charge >= 0.3 is 0 Å². The van der Waals surface area contributed by atoms with E-state index in [-0.39, 0.29) is 5.82 Å². The number of pyridine rings is 1. The predicted octanol–water partition coefficient (Wildman–Crippen LogP) is 3.07. The van der Waals surface area contributed by atoms with E-state index in [9.17, 15) is 4.39 Å². The van der Waals surface area contributed by atoms with Crippen molar-refractivity contribution < 1.29 is 9.13 Å². The molecule has 1 aliphatic rings. The topological polar surface area (TPSA) is 51.1 Å². The van der Waals surface area contributed by atoms with Gasteiger partial charge in [-0.2, -0.15) is 0 Å². The average molecular weight is 324 g/mol. The molecule has 0 radical (unpaired) electrons. The minimum Gasteiger partial charge on any atom is -0.493 e. The lowest BCUT2D eigenvalue weighted by Gasteiger charge is -2.19. The molecule has 3 heterocycles. The van der Waals surface area contributed by atoms with Crippen LogP contribution in [-0.4, -0.2) is 34.6 Å². The Hall–Kier alpha value is -2.76. The molecule has 122 valence electrons. The molecule has 0 N–H and O–H groups in total. The van der Waals surface area contributed by atoms with Gasteiger partial charge in [-0.05, 0) is 36.8 Å². The fourth-order valence-corrected chi connectivity index (χ4v) is 3.08. The Balaban J connectivity index is 1.48. The number of fused-ring (bicyclic) bond motifs is 1. The molecule has 6 heteroatoms. The number of nitrogens with zero attached hydrogens (tertiary/aromatic N) is 4. The van der Waals surface area contributed by atoms with E-state index in [1.54, 1.807) is 18.5 Å². The Bertz CT molecular complexity index is 843. The van der Waals surface area contributed by atoms with Crippen molar-refractivity contribution in [3.05, 3.63) is 54.9 Å². The molecule has 0 aliphatic carbocycles. The van der Waals surface area contributed by atoms with Crippen molar-refractivity contribution in [3.8, 4) is 5.75 Å². The van der Waals surface area contributed by atoms with E-state index < -0.39 is 0 Å². The molecule has 1 aromatic carbocycles. The maximum absolute atomic E-state index is 13.6. The zero-order chi connectivity index (χ0) is 16.4. The molecule has 1 fully saturated rings. The summed E-state index contributed by atoms with van der Waals surface area (Å²) in [7, 11) is 0. The van der Waals surface area contributed by atoms with E-state index >= 15 is 0 Å². The summed E-state index contributed by atoms with van der Waals surface area (Å²) in [5.41, 5.74) is 0.762. The third-order valence-electron chi connectivity index (χ3n) is 4.30. The number of benzene rings is 1. The lowest BCUT2D eigenvalue weighted by atomic mass is 10.1. The molecule has 24 heavy (non-hydrogen) atoms. The van der Waals surface area contributed by atoms with Crippen molar-refractivity contribution in [1.82, 2.24) is 15.0 Å². The van der Waals surface area contributed by atoms with Gasteiger partial charge in [0, 0.05) is 36.8 Å². The summed E-state index contributed by atoms with van der Waals surface area (Å²) >= 11 is 0. The Morgan fingerprint density at radius 2 is 2.04 bits per heavy atom. The summed E-state index contributed by atoms with van der Waals surface area (Å²) in [5, 5.41) is 0.758. The maximum Gasteiger partial charge on any atom is 0.139 e. The van der Waals surface area contributed by atoms with Crippen molar-refractivity contribution in [2.45, 2.75) is 6.42 Å². The normalized spacial score (nSPS) is 17.4. The molecular weight excluding hydrogens is 307 g/mol. The van der Waals surface area contributed by atoms with Crippen molar-refractivity contribution in [2.24, 2.45) is 5.92 Å². The van der Waals surface area contributed by atoms with Gasteiger partial charge in [0.2, 0.25) is 0 Å². The molecule has 1 atom stereocenters. The molecule has 2 aromatic heterocycles. The van der Waals surface area contributed by atoms with Crippen LogP contribution < -0.4 is 9.64 Å². The lowest BCUT2D eigenvalue weighted by molar-refractivity contribution is 0.261. The Kier molecular flexibility index (Phi) is 3.94. The fraction of sp³-hybridized carbons (Fsp3) is 0.278. The largest absolute Gasteiger partial charge is 0.493 e. The first-order valence-corrected chi connectivity index (χ1v) is 7.97. The quantitative estimate of drug-likeness (QED) is 0.738. The van der Waals surface area contributed by atoms with Crippen LogP contribution in [0.3, 0.4) is 0 Å². The summed E-state index contributed by atoms with van der Waals surface area (Å²) in [5.74, 6) is 1.77. The fourth-order valence-electron chi connectivity index (χ4n) is 3.08. The molecule has 4 rings (SSSR count). The molecule has 5 nitrogen and oxygen atoms in total. The SMILES string of the molecule is Fc1ccc2ncnc(N3CCC(COc4ccncc4)C3)c2c1. The van der Waals surface area contributed by atoms with Gasteiger partial charge in [-0.25, -0.2) is 14.4 Å². The van der Waals surface area contributed by atoms with E-state index in [0.717, 1.165) is 42.0 Å². The van der Waals surface area contributed by atoms with Crippen LogP contribution in [-0.2, 0) is 0 Å². The molecule has 0 amide bonds. The Morgan fingerprint density at radius 3 is 2.92 bits per heavy atom. The van der Waals surface area contributed by atoms with Crippen LogP contribution >= 0.6 is 0 Å². The lowest BCUT2D eigenvalue weighted by Crippen LogP contribution is -2.23. The molecule has 0 saturated carbocycles. The number of aromatic nitrogens is 3. The molecule has 1 aliphatic heterocycles. The second kappa shape index (κ2) is 6.39. The molecule has 0 spiro atoms. The van der Waals surface area contributed by atoms with E-state index in [0.29, 0.717) is 12.5 Å². The van der Waals surface area contributed by atoms with Gasteiger partial charge in [-0.3, -0.25) is 4.98 Å². The highest BCUT2D eigenvalue weighted by Gasteiger charge is 2.25. The van der Waals surface area contributed by atoms with Crippen molar-refractivity contribution in [2.75, 3.05) is 24.6 Å². The molecule has 1 saturated heterocycles. The molecule has 0 bridgehead atoms. The maximum atomic E-state index is 13.6. The van der Waals surface area contributed by atoms with Gasteiger partial charge < -0.3 is 9.64 Å². The summed E-state index contributed by atoms with van der Waals surface area (Å²) in [6.45, 7) is 2.37. The van der Waals surface area contributed by atoms with Crippen LogP contribution in [0.5, 0.6) is 5.75 Å². The molecule has 3 aromatic rings. The monoisotopic (exact) mass is 324 g/mol. The Labute approximate surface area is 139 Å². The summed E-state index contributed by atoms with van der Waals surface area (Å²) < 4.78 is 19.4. The summed E-state index contributed by atoms with van der Waals surface area (Å²) in [6, 6.07) is 8.33. The highest BCUT2D eigenvalue weighted by molar-refractivity contribution is 5.89. The van der Waals surface area contributed by atoms with Gasteiger partial charge in [0.15, 0.2) is 0 Å². The first-order valence-electron chi connectivity index (χ1n) is 7.97. The van der Waals surface area contributed by atoms with E-state index in [2.05, 4.69) is 19.9 Å². The van der Waals surface area contributed by atoms with Crippen LogP contribution in [0.15, 0.2) is 49.1 Å². The zero-order valence-electron chi connectivity index (χ0n) is 13.1. The van der Waals surface area contributed by atoms with E-state index in [1.807, 2.05) is 12.1 Å². The van der Waals surface area contributed by atoms with Gasteiger partial charge in [0.25, 0.3) is 0 Å². The third kappa shape index (κ3) is 2.99. The first kappa shape index (κ1) is 14.8. The smallest absolute Gasteiger partial charge is 0.139 e. The van der Waals surface area contributed by atoms with Crippen LogP contribution in [0.4, 0.5) is 10.2 Å². The van der Waals surface area contributed by atoms with Gasteiger partial charge in [0.05, 0.1) is 12.1 Å². The standard InChI is InChI=1S/C18H17FN4O/c19-14-1-2-17-16(9-14)18(22-12-21-17)23-8-5-13(10-23)11-24-15-3-6-20-7-4-15/h1-4,6-7,9,12-13H,5,8,10-11H2. The predicted molar refractivity (Wildman–Crippen MR) is 89.5 cm³/mol. The minimum absolute atomic E-state index is 0.268. The Morgan fingerprint density at radius 1 is 1.17 bits per heavy atom. The first-order chi connectivity index (χ1) is 11.8. The van der Waals surface area contributed by atoms with Gasteiger partial charge in [0.1, 0.15) is 23.7 Å². The molecule has 1 unspecified atom stereocenters. The number of ether oxygens (including phenoxy) is 1. The number of rotatable bonds is 4. The van der Waals surface area contributed by atoms with Crippen molar-refractivity contribution in [3.63, 3.8) is 0 Å². The second-order valence-corrected chi connectivity index (χ2v) is 5.95. The van der Waals surface area contributed by atoms with Gasteiger partial charge in [-0.1, -0.05) is 0 Å². The van der Waals surface area contributed by atoms with Crippen molar-refractivity contribution >= 4 is 16.7 Å².